The van der Waals surface area contributed by atoms with Crippen LogP contribution >= 0.6 is 15.9 Å². The topological polar surface area (TPSA) is 24.1 Å². The third-order valence-corrected chi connectivity index (χ3v) is 3.97. The molecule has 2 nitrogen and oxygen atoms in total. The molecule has 1 aliphatic heterocycles. The van der Waals surface area contributed by atoms with Crippen LogP contribution in [0.25, 0.3) is 0 Å². The minimum absolute atomic E-state index is 0.846. The van der Waals surface area contributed by atoms with Gasteiger partial charge in [-0.05, 0) is 45.6 Å². The van der Waals surface area contributed by atoms with Gasteiger partial charge in [-0.2, -0.15) is 0 Å². The minimum atomic E-state index is 0.846. The summed E-state index contributed by atoms with van der Waals surface area (Å²) >= 11 is 3.55. The van der Waals surface area contributed by atoms with Crippen LogP contribution in [0.4, 0.5) is 11.4 Å². The molecule has 18 heavy (non-hydrogen) atoms. The zero-order valence-electron chi connectivity index (χ0n) is 10.0. The molecule has 0 fully saturated rings. The molecular weight excluding hydrogens is 288 g/mol. The quantitative estimate of drug-likeness (QED) is 0.894. The van der Waals surface area contributed by atoms with E-state index in [-0.39, 0.29) is 0 Å². The first-order valence-electron chi connectivity index (χ1n) is 6.17. The highest BCUT2D eigenvalue weighted by Crippen LogP contribution is 2.28. The van der Waals surface area contributed by atoms with Crippen molar-refractivity contribution in [2.24, 2.45) is 0 Å². The van der Waals surface area contributed by atoms with Crippen LogP contribution in [0.15, 0.2) is 46.9 Å². The lowest BCUT2D eigenvalue weighted by molar-refractivity contribution is 1.11. The van der Waals surface area contributed by atoms with E-state index in [4.69, 9.17) is 0 Å². The largest absolute Gasteiger partial charge is 0.384 e. The molecule has 0 radical (unpaired) electrons. The molecule has 2 N–H and O–H groups in total. The average molecular weight is 303 g/mol. The Kier molecular flexibility index (Phi) is 3.24. The fourth-order valence-electron chi connectivity index (χ4n) is 2.35. The molecule has 2 aromatic carbocycles. The number of rotatable bonds is 3. The number of hydrogen-bond acceptors (Lipinski definition) is 2. The lowest BCUT2D eigenvalue weighted by Crippen LogP contribution is -2.03. The summed E-state index contributed by atoms with van der Waals surface area (Å²) in [5, 5.41) is 6.94. The van der Waals surface area contributed by atoms with Crippen molar-refractivity contribution in [2.45, 2.75) is 13.0 Å². The van der Waals surface area contributed by atoms with Crippen molar-refractivity contribution in [3.63, 3.8) is 0 Å². The van der Waals surface area contributed by atoms with Gasteiger partial charge in [0.2, 0.25) is 0 Å². The van der Waals surface area contributed by atoms with E-state index < -0.39 is 0 Å². The summed E-state index contributed by atoms with van der Waals surface area (Å²) in [7, 11) is 0. The van der Waals surface area contributed by atoms with Crippen molar-refractivity contribution in [3.05, 3.63) is 58.1 Å². The third kappa shape index (κ3) is 2.23. The van der Waals surface area contributed by atoms with Gasteiger partial charge in [0.05, 0.1) is 0 Å². The Morgan fingerprint density at radius 3 is 2.89 bits per heavy atom. The van der Waals surface area contributed by atoms with Gasteiger partial charge in [-0.1, -0.05) is 30.3 Å². The average Bonchev–Trinajstić information content (AvgIpc) is 2.86. The van der Waals surface area contributed by atoms with E-state index in [0.29, 0.717) is 0 Å². The van der Waals surface area contributed by atoms with Gasteiger partial charge in [0.25, 0.3) is 0 Å². The number of benzene rings is 2. The van der Waals surface area contributed by atoms with Crippen molar-refractivity contribution in [2.75, 3.05) is 17.2 Å². The Bertz CT molecular complexity index is 566. The standard InChI is InChI=1S/C15H15BrN2/c16-13-6-1-2-7-14(13)18-10-12-5-3-4-11-8-9-17-15(11)12/h1-7,17-18H,8-10H2. The lowest BCUT2D eigenvalue weighted by Gasteiger charge is -2.12. The van der Waals surface area contributed by atoms with E-state index in [0.717, 1.165) is 29.7 Å². The Labute approximate surface area is 116 Å². The van der Waals surface area contributed by atoms with Gasteiger partial charge in [-0.25, -0.2) is 0 Å². The number of fused-ring (bicyclic) bond motifs is 1. The molecule has 0 unspecified atom stereocenters. The van der Waals surface area contributed by atoms with Gasteiger partial charge < -0.3 is 10.6 Å². The summed E-state index contributed by atoms with van der Waals surface area (Å²) < 4.78 is 1.10. The summed E-state index contributed by atoms with van der Waals surface area (Å²) in [6, 6.07) is 14.7. The lowest BCUT2D eigenvalue weighted by atomic mass is 10.1. The molecule has 0 aromatic heterocycles. The highest BCUT2D eigenvalue weighted by atomic mass is 79.9. The van der Waals surface area contributed by atoms with E-state index in [2.05, 4.69) is 56.9 Å². The molecule has 92 valence electrons. The molecular formula is C15H15BrN2. The summed E-state index contributed by atoms with van der Waals surface area (Å²) in [6.07, 6.45) is 1.14. The molecule has 2 aromatic rings. The zero-order chi connectivity index (χ0) is 12.4. The molecule has 1 aliphatic rings. The Balaban J connectivity index is 1.78. The Hall–Kier alpha value is -1.48. The normalized spacial score (nSPS) is 12.9. The van der Waals surface area contributed by atoms with Crippen LogP contribution in [0.1, 0.15) is 11.1 Å². The second-order valence-electron chi connectivity index (χ2n) is 4.46. The molecule has 0 amide bonds. The number of anilines is 2. The summed E-state index contributed by atoms with van der Waals surface area (Å²) in [5.41, 5.74) is 5.22. The van der Waals surface area contributed by atoms with Crippen LogP contribution in [0, 0.1) is 0 Å². The second kappa shape index (κ2) is 5.02. The van der Waals surface area contributed by atoms with Crippen LogP contribution in [0.3, 0.4) is 0 Å². The fraction of sp³-hybridized carbons (Fsp3) is 0.200. The number of hydrogen-bond donors (Lipinski definition) is 2. The van der Waals surface area contributed by atoms with E-state index in [1.54, 1.807) is 0 Å². The minimum Gasteiger partial charge on any atom is -0.384 e. The maximum atomic E-state index is 3.55. The van der Waals surface area contributed by atoms with Crippen molar-refractivity contribution in [1.29, 1.82) is 0 Å². The maximum Gasteiger partial charge on any atom is 0.0487 e. The van der Waals surface area contributed by atoms with Crippen molar-refractivity contribution < 1.29 is 0 Å². The number of para-hydroxylation sites is 2. The smallest absolute Gasteiger partial charge is 0.0487 e. The van der Waals surface area contributed by atoms with Crippen LogP contribution in [-0.2, 0) is 13.0 Å². The molecule has 0 saturated heterocycles. The monoisotopic (exact) mass is 302 g/mol. The summed E-state index contributed by atoms with van der Waals surface area (Å²) in [4.78, 5) is 0. The predicted octanol–water partition coefficient (Wildman–Crippen LogP) is 4.03. The van der Waals surface area contributed by atoms with E-state index in [9.17, 15) is 0 Å². The molecule has 0 atom stereocenters. The molecule has 3 rings (SSSR count). The Morgan fingerprint density at radius 2 is 2.00 bits per heavy atom. The zero-order valence-corrected chi connectivity index (χ0v) is 11.6. The fourth-order valence-corrected chi connectivity index (χ4v) is 2.78. The maximum absolute atomic E-state index is 3.55. The van der Waals surface area contributed by atoms with Gasteiger partial charge in [-0.3, -0.25) is 0 Å². The highest BCUT2D eigenvalue weighted by molar-refractivity contribution is 9.10. The third-order valence-electron chi connectivity index (χ3n) is 3.28. The molecule has 0 aliphatic carbocycles. The summed E-state index contributed by atoms with van der Waals surface area (Å²) in [6.45, 7) is 1.90. The van der Waals surface area contributed by atoms with E-state index in [1.165, 1.54) is 16.8 Å². The van der Waals surface area contributed by atoms with Crippen LogP contribution in [0.5, 0.6) is 0 Å². The highest BCUT2D eigenvalue weighted by Gasteiger charge is 2.13. The van der Waals surface area contributed by atoms with Gasteiger partial charge >= 0.3 is 0 Å². The molecule has 0 bridgehead atoms. The van der Waals surface area contributed by atoms with Gasteiger partial charge in [0.15, 0.2) is 0 Å². The first-order valence-corrected chi connectivity index (χ1v) is 6.97. The molecule has 0 spiro atoms. The van der Waals surface area contributed by atoms with Gasteiger partial charge in [0.1, 0.15) is 0 Å². The molecule has 1 heterocycles. The Morgan fingerprint density at radius 1 is 1.11 bits per heavy atom. The first kappa shape index (κ1) is 11.6. The number of halogens is 1. The van der Waals surface area contributed by atoms with Gasteiger partial charge in [0, 0.05) is 28.9 Å². The van der Waals surface area contributed by atoms with Crippen LogP contribution < -0.4 is 10.6 Å². The summed E-state index contributed by atoms with van der Waals surface area (Å²) in [5.74, 6) is 0. The molecule has 0 saturated carbocycles. The van der Waals surface area contributed by atoms with Crippen LogP contribution in [-0.4, -0.2) is 6.54 Å². The predicted molar refractivity (Wildman–Crippen MR) is 80.1 cm³/mol. The molecule has 3 heteroatoms. The second-order valence-corrected chi connectivity index (χ2v) is 5.32. The number of nitrogens with one attached hydrogen (secondary N) is 2. The SMILES string of the molecule is Brc1ccccc1NCc1cccc2c1NCC2. The van der Waals surface area contributed by atoms with Crippen molar-refractivity contribution >= 4 is 27.3 Å². The van der Waals surface area contributed by atoms with Crippen LogP contribution in [0.2, 0.25) is 0 Å². The van der Waals surface area contributed by atoms with Crippen molar-refractivity contribution in [3.8, 4) is 0 Å². The first-order chi connectivity index (χ1) is 8.84. The van der Waals surface area contributed by atoms with E-state index in [1.807, 2.05) is 12.1 Å². The van der Waals surface area contributed by atoms with Crippen molar-refractivity contribution in [1.82, 2.24) is 0 Å². The van der Waals surface area contributed by atoms with Gasteiger partial charge in [-0.15, -0.1) is 0 Å². The van der Waals surface area contributed by atoms with E-state index >= 15 is 0 Å².